The predicted octanol–water partition coefficient (Wildman–Crippen LogP) is 4.85. The van der Waals surface area contributed by atoms with E-state index < -0.39 is 52.2 Å². The number of nitro groups is 1. The number of aliphatic hydroxyl groups is 2. The summed E-state index contributed by atoms with van der Waals surface area (Å²) in [5.74, 6) is -0.413. The maximum absolute atomic E-state index is 13.7. The lowest BCUT2D eigenvalue weighted by molar-refractivity contribution is -0.384. The molecule has 3 saturated carbocycles. The van der Waals surface area contributed by atoms with E-state index in [1.165, 1.54) is 17.4 Å². The summed E-state index contributed by atoms with van der Waals surface area (Å²) in [5, 5.41) is 33.2. The zero-order valence-electron chi connectivity index (χ0n) is 24.1. The second-order valence-corrected chi connectivity index (χ2v) is 14.4. The molecule has 43 heavy (non-hydrogen) atoms. The zero-order valence-corrected chi connectivity index (χ0v) is 24.9. The third-order valence-electron chi connectivity index (χ3n) is 11.2. The Bertz CT molecular complexity index is 1580. The lowest BCUT2D eigenvalue weighted by Crippen LogP contribution is -2.63. The Kier molecular flexibility index (Phi) is 6.68. The number of carbonyl (C=O) groups is 2. The minimum absolute atomic E-state index is 0.0152. The highest BCUT2D eigenvalue weighted by Gasteiger charge is 2.76. The molecule has 4 fully saturated rings. The van der Waals surface area contributed by atoms with Crippen molar-refractivity contribution in [3.63, 3.8) is 0 Å². The van der Waals surface area contributed by atoms with Crippen LogP contribution in [0.3, 0.4) is 0 Å². The highest BCUT2D eigenvalue weighted by molar-refractivity contribution is 7.12. The molecule has 2 aromatic rings. The number of hydrogen-bond donors (Lipinski definition) is 2. The van der Waals surface area contributed by atoms with Gasteiger partial charge in [0, 0.05) is 40.2 Å². The molecule has 226 valence electrons. The number of thiophene rings is 1. The molecule has 0 unspecified atom stereocenters. The van der Waals surface area contributed by atoms with E-state index >= 15 is 0 Å². The van der Waals surface area contributed by atoms with Gasteiger partial charge in [-0.25, -0.2) is 0 Å². The Morgan fingerprint density at radius 2 is 2.05 bits per heavy atom. The molecule has 1 saturated heterocycles. The number of nitrogens with zero attached hydrogens (tertiary/aromatic N) is 1. The summed E-state index contributed by atoms with van der Waals surface area (Å²) in [6.45, 7) is 3.45. The van der Waals surface area contributed by atoms with Crippen molar-refractivity contribution in [1.29, 1.82) is 0 Å². The standard InChI is InChI=1S/C33H35NO8S/c1-31-11-10-21(36)14-19(31)6-8-23-24-15-28-33(27(38)17-35,32(24,2)16-25(37)29(23)31)42-30(41-28)26-9-7-22(43-26)13-18-4-3-5-20(12-18)34(39)40/h3-5,7,9-12,14,23-25,28-30,35,37H,6,8,13,15-17H2,1-2H3/t23-,24-,25-,28+,29+,30+,31-,32-,33+/m0/s1. The lowest BCUT2D eigenvalue weighted by atomic mass is 9.46. The third-order valence-corrected chi connectivity index (χ3v) is 12.3. The predicted molar refractivity (Wildman–Crippen MR) is 157 cm³/mol. The molecule has 2 N–H and O–H groups in total. The molecule has 10 heteroatoms. The first kappa shape index (κ1) is 28.7. The van der Waals surface area contributed by atoms with Crippen molar-refractivity contribution in [2.24, 2.45) is 28.6 Å². The number of fused-ring (bicyclic) bond motifs is 7. The maximum Gasteiger partial charge on any atom is 0.269 e. The van der Waals surface area contributed by atoms with Crippen molar-refractivity contribution < 1.29 is 34.2 Å². The second-order valence-electron chi connectivity index (χ2n) is 13.2. The van der Waals surface area contributed by atoms with Gasteiger partial charge in [0.2, 0.25) is 0 Å². The smallest absolute Gasteiger partial charge is 0.269 e. The van der Waals surface area contributed by atoms with Crippen LogP contribution in [0, 0.1) is 38.7 Å². The molecular formula is C33H35NO8S. The summed E-state index contributed by atoms with van der Waals surface area (Å²) in [6, 6.07) is 10.4. The van der Waals surface area contributed by atoms with Crippen molar-refractivity contribution >= 4 is 28.6 Å². The quantitative estimate of drug-likeness (QED) is 0.352. The topological polar surface area (TPSA) is 136 Å². The SMILES string of the molecule is C[C@]12C=CC(=O)C=C1CC[C@@H]1[C@@H]2[C@@H](O)C[C@@]2(C)[C@H]1C[C@H]1O[C@@H](c3ccc(Cc4cccc([N+](=O)[O-])c4)s3)O[C@]12C(=O)CO. The van der Waals surface area contributed by atoms with Crippen LogP contribution in [0.2, 0.25) is 0 Å². The monoisotopic (exact) mass is 605 g/mol. The molecule has 1 aromatic heterocycles. The number of ketones is 2. The van der Waals surface area contributed by atoms with E-state index in [9.17, 15) is 29.9 Å². The summed E-state index contributed by atoms with van der Waals surface area (Å²) < 4.78 is 13.2. The van der Waals surface area contributed by atoms with Crippen LogP contribution in [0.4, 0.5) is 5.69 Å². The van der Waals surface area contributed by atoms with Gasteiger partial charge in [-0.05, 0) is 67.4 Å². The molecule has 2 heterocycles. The van der Waals surface area contributed by atoms with E-state index in [4.69, 9.17) is 9.47 Å². The fraction of sp³-hybridized carbons (Fsp3) is 0.515. The van der Waals surface area contributed by atoms with Crippen molar-refractivity contribution in [3.8, 4) is 0 Å². The first-order chi connectivity index (χ1) is 20.5. The summed E-state index contributed by atoms with van der Waals surface area (Å²) in [5.41, 5.74) is -0.669. The normalized spacial score (nSPS) is 39.4. The lowest BCUT2D eigenvalue weighted by Gasteiger charge is -2.59. The number of Topliss-reactive ketones (excluding diaryl/α,β-unsaturated/α-hetero) is 1. The maximum atomic E-state index is 13.7. The van der Waals surface area contributed by atoms with Crippen LogP contribution in [0.5, 0.6) is 0 Å². The van der Waals surface area contributed by atoms with Crippen molar-refractivity contribution in [3.05, 3.63) is 85.6 Å². The third kappa shape index (κ3) is 4.10. The van der Waals surface area contributed by atoms with E-state index in [0.29, 0.717) is 19.3 Å². The number of benzene rings is 1. The van der Waals surface area contributed by atoms with Gasteiger partial charge in [-0.1, -0.05) is 37.6 Å². The Balaban J connectivity index is 1.18. The van der Waals surface area contributed by atoms with Gasteiger partial charge in [0.25, 0.3) is 5.69 Å². The van der Waals surface area contributed by atoms with Crippen molar-refractivity contribution in [2.75, 3.05) is 6.61 Å². The summed E-state index contributed by atoms with van der Waals surface area (Å²) in [4.78, 5) is 38.4. The molecule has 0 bridgehead atoms. The molecule has 9 atom stereocenters. The fourth-order valence-electron chi connectivity index (χ4n) is 9.41. The van der Waals surface area contributed by atoms with Crippen LogP contribution >= 0.6 is 11.3 Å². The number of carbonyl (C=O) groups excluding carboxylic acids is 2. The van der Waals surface area contributed by atoms with E-state index in [1.54, 1.807) is 24.3 Å². The van der Waals surface area contributed by atoms with Crippen molar-refractivity contribution in [1.82, 2.24) is 0 Å². The van der Waals surface area contributed by atoms with Gasteiger partial charge in [-0.3, -0.25) is 19.7 Å². The summed E-state index contributed by atoms with van der Waals surface area (Å²) in [7, 11) is 0. The molecule has 4 aliphatic carbocycles. The number of allylic oxidation sites excluding steroid dienone is 4. The number of hydrogen-bond acceptors (Lipinski definition) is 9. The van der Waals surface area contributed by atoms with Gasteiger partial charge in [0.05, 0.1) is 22.0 Å². The molecule has 1 aliphatic heterocycles. The van der Waals surface area contributed by atoms with Gasteiger partial charge >= 0.3 is 0 Å². The highest BCUT2D eigenvalue weighted by Crippen LogP contribution is 2.70. The van der Waals surface area contributed by atoms with E-state index in [2.05, 4.69) is 6.92 Å². The number of rotatable bonds is 6. The van der Waals surface area contributed by atoms with Gasteiger partial charge < -0.3 is 19.7 Å². The Morgan fingerprint density at radius 3 is 2.81 bits per heavy atom. The van der Waals surface area contributed by atoms with Crippen LogP contribution < -0.4 is 0 Å². The molecule has 0 spiro atoms. The minimum atomic E-state index is -1.40. The van der Waals surface area contributed by atoms with Crippen LogP contribution in [0.15, 0.2) is 60.2 Å². The number of ether oxygens (including phenoxy) is 2. The highest BCUT2D eigenvalue weighted by atomic mass is 32.1. The number of aliphatic hydroxyl groups excluding tert-OH is 2. The summed E-state index contributed by atoms with van der Waals surface area (Å²) >= 11 is 1.47. The van der Waals surface area contributed by atoms with E-state index in [1.807, 2.05) is 31.2 Å². The minimum Gasteiger partial charge on any atom is -0.393 e. The van der Waals surface area contributed by atoms with E-state index in [-0.39, 0.29) is 29.2 Å². The first-order valence-corrected chi connectivity index (χ1v) is 15.7. The fourth-order valence-corrected chi connectivity index (χ4v) is 10.4. The van der Waals surface area contributed by atoms with Gasteiger partial charge in [0.15, 0.2) is 23.5 Å². The molecular weight excluding hydrogens is 570 g/mol. The number of non-ortho nitro benzene ring substituents is 1. The molecule has 9 nitrogen and oxygen atoms in total. The number of nitro benzene ring substituents is 1. The average Bonchev–Trinajstić information content (AvgIpc) is 3.65. The van der Waals surface area contributed by atoms with Gasteiger partial charge in [-0.2, -0.15) is 0 Å². The Morgan fingerprint density at radius 1 is 1.23 bits per heavy atom. The van der Waals surface area contributed by atoms with Crippen LogP contribution in [-0.2, 0) is 25.5 Å². The Hall–Kier alpha value is -3.02. The molecule has 7 rings (SSSR count). The van der Waals surface area contributed by atoms with Gasteiger partial charge in [0.1, 0.15) is 6.61 Å². The second kappa shape index (κ2) is 10.0. The molecule has 5 aliphatic rings. The molecule has 0 amide bonds. The van der Waals surface area contributed by atoms with Crippen LogP contribution in [0.25, 0.3) is 0 Å². The first-order valence-electron chi connectivity index (χ1n) is 14.9. The van der Waals surface area contributed by atoms with E-state index in [0.717, 1.165) is 33.7 Å². The zero-order chi connectivity index (χ0) is 30.3. The molecule has 0 radical (unpaired) electrons. The average molecular weight is 606 g/mol. The summed E-state index contributed by atoms with van der Waals surface area (Å²) in [6.07, 6.45) is 6.15. The van der Waals surface area contributed by atoms with Gasteiger partial charge in [-0.15, -0.1) is 11.3 Å². The molecule has 1 aromatic carbocycles. The van der Waals surface area contributed by atoms with Crippen LogP contribution in [-0.4, -0.2) is 51.1 Å². The Labute approximate surface area is 253 Å². The largest absolute Gasteiger partial charge is 0.393 e. The van der Waals surface area contributed by atoms with Crippen molar-refractivity contribution in [2.45, 2.75) is 70.1 Å². The van der Waals surface area contributed by atoms with Crippen LogP contribution in [0.1, 0.15) is 61.1 Å².